The summed E-state index contributed by atoms with van der Waals surface area (Å²) in [4.78, 5) is 14.0. The summed E-state index contributed by atoms with van der Waals surface area (Å²) in [5, 5.41) is 8.16. The standard InChI is InChI=1S/C26H24Cl2N2O/c1-15-5-3-7-18(11-15)24-26(21-10-9-20(28)13-22(21)30-25(26)31)23(16(2)14-29-24)17-6-4-8-19(27)12-17/h3-13,16,23-24,29H,14H2,1-2H3,(H,30,31)/t16-,23+,24-,26+/m1/s1. The minimum absolute atomic E-state index is 0.000276. The second-order valence-corrected chi connectivity index (χ2v) is 9.65. The quantitative estimate of drug-likeness (QED) is 0.483. The second kappa shape index (κ2) is 7.67. The first-order valence-corrected chi connectivity index (χ1v) is 11.3. The highest BCUT2D eigenvalue weighted by Gasteiger charge is 2.61. The van der Waals surface area contributed by atoms with Crippen LogP contribution in [0.4, 0.5) is 5.69 Å². The molecule has 1 amide bonds. The maximum atomic E-state index is 14.0. The third kappa shape index (κ3) is 3.18. The Labute approximate surface area is 192 Å². The number of carbonyl (C=O) groups is 1. The molecule has 0 unspecified atom stereocenters. The summed E-state index contributed by atoms with van der Waals surface area (Å²) in [6.45, 7) is 5.08. The Kier molecular flexibility index (Phi) is 5.09. The fourth-order valence-corrected chi connectivity index (χ4v) is 6.03. The second-order valence-electron chi connectivity index (χ2n) is 8.78. The largest absolute Gasteiger partial charge is 0.325 e. The molecule has 3 nitrogen and oxygen atoms in total. The van der Waals surface area contributed by atoms with Crippen molar-refractivity contribution in [3.8, 4) is 0 Å². The predicted molar refractivity (Wildman–Crippen MR) is 127 cm³/mol. The van der Waals surface area contributed by atoms with Crippen LogP contribution in [-0.2, 0) is 10.2 Å². The van der Waals surface area contributed by atoms with Crippen LogP contribution in [0.2, 0.25) is 10.0 Å². The zero-order valence-corrected chi connectivity index (χ0v) is 19.0. The van der Waals surface area contributed by atoms with Crippen LogP contribution in [0.25, 0.3) is 0 Å². The molecule has 4 atom stereocenters. The van der Waals surface area contributed by atoms with Gasteiger partial charge in [0.2, 0.25) is 5.91 Å². The number of aryl methyl sites for hydroxylation is 1. The summed E-state index contributed by atoms with van der Waals surface area (Å²) in [6.07, 6.45) is 0. The first-order chi connectivity index (χ1) is 14.9. The molecule has 3 aromatic rings. The first-order valence-electron chi connectivity index (χ1n) is 10.6. The summed E-state index contributed by atoms with van der Waals surface area (Å²) in [5.74, 6) is 0.160. The Balaban J connectivity index is 1.81. The normalized spacial score (nSPS) is 27.2. The number of anilines is 1. The third-order valence-corrected chi connectivity index (χ3v) is 7.26. The van der Waals surface area contributed by atoms with Crippen LogP contribution in [0.1, 0.15) is 41.1 Å². The number of benzene rings is 3. The van der Waals surface area contributed by atoms with Crippen molar-refractivity contribution in [1.29, 1.82) is 0 Å². The van der Waals surface area contributed by atoms with E-state index in [1.54, 1.807) is 0 Å². The molecule has 1 spiro atoms. The van der Waals surface area contributed by atoms with Gasteiger partial charge in [0.1, 0.15) is 5.41 Å². The van der Waals surface area contributed by atoms with Gasteiger partial charge in [0.25, 0.3) is 0 Å². The van der Waals surface area contributed by atoms with Crippen LogP contribution in [-0.4, -0.2) is 12.5 Å². The van der Waals surface area contributed by atoms with Crippen LogP contribution in [0.3, 0.4) is 0 Å². The molecule has 5 rings (SSSR count). The third-order valence-electron chi connectivity index (χ3n) is 6.79. The Hall–Kier alpha value is -2.33. The number of hydrogen-bond acceptors (Lipinski definition) is 2. The number of fused-ring (bicyclic) bond motifs is 2. The molecule has 158 valence electrons. The van der Waals surface area contributed by atoms with Crippen molar-refractivity contribution in [2.45, 2.75) is 31.2 Å². The molecule has 0 aliphatic carbocycles. The van der Waals surface area contributed by atoms with E-state index in [1.807, 2.05) is 36.4 Å². The van der Waals surface area contributed by atoms with Crippen molar-refractivity contribution in [1.82, 2.24) is 5.32 Å². The number of hydrogen-bond donors (Lipinski definition) is 2. The van der Waals surface area contributed by atoms with E-state index in [9.17, 15) is 4.79 Å². The molecule has 5 heteroatoms. The van der Waals surface area contributed by atoms with Gasteiger partial charge in [0.15, 0.2) is 0 Å². The predicted octanol–water partition coefficient (Wildman–Crippen LogP) is 6.26. The Morgan fingerprint density at radius 1 is 0.935 bits per heavy atom. The maximum Gasteiger partial charge on any atom is 0.237 e. The number of halogens is 2. The number of piperidine rings is 1. The average Bonchev–Trinajstić information content (AvgIpc) is 2.99. The van der Waals surface area contributed by atoms with E-state index in [0.717, 1.165) is 28.9 Å². The molecular weight excluding hydrogens is 427 g/mol. The summed E-state index contributed by atoms with van der Waals surface area (Å²) < 4.78 is 0. The van der Waals surface area contributed by atoms with Crippen molar-refractivity contribution in [2.24, 2.45) is 5.92 Å². The zero-order valence-electron chi connectivity index (χ0n) is 17.5. The van der Waals surface area contributed by atoms with Crippen molar-refractivity contribution in [3.05, 3.63) is 99.0 Å². The van der Waals surface area contributed by atoms with E-state index in [-0.39, 0.29) is 23.8 Å². The molecule has 1 saturated heterocycles. The van der Waals surface area contributed by atoms with Crippen LogP contribution in [0.5, 0.6) is 0 Å². The lowest BCUT2D eigenvalue weighted by atomic mass is 9.56. The molecule has 31 heavy (non-hydrogen) atoms. The number of amides is 1. The first kappa shape index (κ1) is 20.6. The van der Waals surface area contributed by atoms with Gasteiger partial charge in [-0.1, -0.05) is 78.2 Å². The van der Waals surface area contributed by atoms with Crippen LogP contribution in [0.15, 0.2) is 66.7 Å². The highest BCUT2D eigenvalue weighted by molar-refractivity contribution is 6.31. The molecule has 3 aromatic carbocycles. The molecule has 0 radical (unpaired) electrons. The summed E-state index contributed by atoms with van der Waals surface area (Å²) in [7, 11) is 0. The number of nitrogens with one attached hydrogen (secondary N) is 2. The summed E-state index contributed by atoms with van der Waals surface area (Å²) in [6, 6.07) is 21.9. The zero-order chi connectivity index (χ0) is 21.8. The van der Waals surface area contributed by atoms with Gasteiger partial charge >= 0.3 is 0 Å². The van der Waals surface area contributed by atoms with E-state index in [4.69, 9.17) is 23.2 Å². The van der Waals surface area contributed by atoms with Crippen molar-refractivity contribution in [2.75, 3.05) is 11.9 Å². The molecule has 2 heterocycles. The monoisotopic (exact) mass is 450 g/mol. The molecule has 0 bridgehead atoms. The average molecular weight is 451 g/mol. The van der Waals surface area contributed by atoms with Gasteiger partial charge < -0.3 is 10.6 Å². The smallest absolute Gasteiger partial charge is 0.237 e. The molecule has 2 aliphatic rings. The minimum atomic E-state index is -0.823. The molecule has 1 fully saturated rings. The Bertz CT molecular complexity index is 1180. The van der Waals surface area contributed by atoms with E-state index < -0.39 is 5.41 Å². The molecule has 2 N–H and O–H groups in total. The Morgan fingerprint density at radius 3 is 2.45 bits per heavy atom. The van der Waals surface area contributed by atoms with Gasteiger partial charge in [-0.15, -0.1) is 0 Å². The van der Waals surface area contributed by atoms with E-state index >= 15 is 0 Å². The fraction of sp³-hybridized carbons (Fsp3) is 0.269. The van der Waals surface area contributed by atoms with Crippen LogP contribution in [0, 0.1) is 12.8 Å². The van der Waals surface area contributed by atoms with Gasteiger partial charge in [-0.3, -0.25) is 4.79 Å². The summed E-state index contributed by atoms with van der Waals surface area (Å²) >= 11 is 12.7. The Morgan fingerprint density at radius 2 is 1.68 bits per heavy atom. The highest BCUT2D eigenvalue weighted by Crippen LogP contribution is 2.58. The lowest BCUT2D eigenvalue weighted by molar-refractivity contribution is -0.124. The van der Waals surface area contributed by atoms with Gasteiger partial charge in [-0.05, 0) is 60.3 Å². The number of rotatable bonds is 2. The van der Waals surface area contributed by atoms with Gasteiger partial charge in [0, 0.05) is 21.7 Å². The van der Waals surface area contributed by atoms with Crippen molar-refractivity contribution >= 4 is 34.8 Å². The lowest BCUT2D eigenvalue weighted by Gasteiger charge is -2.50. The van der Waals surface area contributed by atoms with Crippen LogP contribution >= 0.6 is 23.2 Å². The number of carbonyl (C=O) groups excluding carboxylic acids is 1. The maximum absolute atomic E-state index is 14.0. The molecule has 0 saturated carbocycles. The fourth-order valence-electron chi connectivity index (χ4n) is 5.66. The van der Waals surface area contributed by atoms with Crippen molar-refractivity contribution in [3.63, 3.8) is 0 Å². The molecule has 0 aromatic heterocycles. The van der Waals surface area contributed by atoms with Gasteiger partial charge in [-0.2, -0.15) is 0 Å². The highest BCUT2D eigenvalue weighted by atomic mass is 35.5. The van der Waals surface area contributed by atoms with E-state index in [1.165, 1.54) is 5.56 Å². The van der Waals surface area contributed by atoms with Crippen molar-refractivity contribution < 1.29 is 4.79 Å². The molecular formula is C26H24Cl2N2O. The lowest BCUT2D eigenvalue weighted by Crippen LogP contribution is -2.57. The van der Waals surface area contributed by atoms with E-state index in [0.29, 0.717) is 10.0 Å². The SMILES string of the molecule is Cc1cccc([C@H]2NC[C@@H](C)[C@@H](c3cccc(Cl)c3)[C@]23C(=O)Nc2cc(Cl)ccc23)c1. The minimum Gasteiger partial charge on any atom is -0.325 e. The molecule has 2 aliphatic heterocycles. The topological polar surface area (TPSA) is 41.1 Å². The summed E-state index contributed by atoms with van der Waals surface area (Å²) in [5.41, 5.74) is 4.31. The van der Waals surface area contributed by atoms with Gasteiger partial charge in [0.05, 0.1) is 6.04 Å². The van der Waals surface area contributed by atoms with Crippen LogP contribution < -0.4 is 10.6 Å². The van der Waals surface area contributed by atoms with Gasteiger partial charge in [-0.25, -0.2) is 0 Å². The van der Waals surface area contributed by atoms with E-state index in [2.05, 4.69) is 54.8 Å².